The smallest absolute Gasteiger partial charge is 0.341 e. The van der Waals surface area contributed by atoms with Gasteiger partial charge in [-0.15, -0.1) is 0 Å². The first-order valence-corrected chi connectivity index (χ1v) is 7.05. The summed E-state index contributed by atoms with van der Waals surface area (Å²) >= 11 is 0. The maximum atomic E-state index is 11.3. The van der Waals surface area contributed by atoms with Gasteiger partial charge in [0.1, 0.15) is 12.0 Å². The Bertz CT molecular complexity index is 419. The van der Waals surface area contributed by atoms with E-state index in [0.717, 1.165) is 12.3 Å². The van der Waals surface area contributed by atoms with Gasteiger partial charge in [0.15, 0.2) is 0 Å². The number of ether oxygens (including phenoxy) is 1. The lowest BCUT2D eigenvalue weighted by Crippen LogP contribution is -2.31. The van der Waals surface area contributed by atoms with Crippen LogP contribution in [0.4, 0.5) is 0 Å². The summed E-state index contributed by atoms with van der Waals surface area (Å²) in [7, 11) is 1.37. The molecule has 0 aliphatic heterocycles. The molecule has 0 unspecified atom stereocenters. The van der Waals surface area contributed by atoms with Crippen molar-refractivity contribution in [3.63, 3.8) is 0 Å². The molecule has 0 spiro atoms. The van der Waals surface area contributed by atoms with Crippen molar-refractivity contribution in [3.05, 3.63) is 23.7 Å². The van der Waals surface area contributed by atoms with Gasteiger partial charge in [0.2, 0.25) is 0 Å². The van der Waals surface area contributed by atoms with E-state index in [1.54, 1.807) is 6.07 Å². The SMILES string of the molecule is CCC1(CNCc2cc(C(=O)OC)co2)CCCC1. The van der Waals surface area contributed by atoms with Crippen LogP contribution >= 0.6 is 0 Å². The fourth-order valence-electron chi connectivity index (χ4n) is 2.93. The third kappa shape index (κ3) is 3.38. The number of rotatable bonds is 6. The number of hydrogen-bond donors (Lipinski definition) is 1. The predicted molar refractivity (Wildman–Crippen MR) is 72.9 cm³/mol. The highest BCUT2D eigenvalue weighted by atomic mass is 16.5. The summed E-state index contributed by atoms with van der Waals surface area (Å²) in [4.78, 5) is 11.3. The lowest BCUT2D eigenvalue weighted by Gasteiger charge is -2.27. The summed E-state index contributed by atoms with van der Waals surface area (Å²) in [5.74, 6) is 0.431. The number of furan rings is 1. The molecule has 0 atom stereocenters. The zero-order valence-corrected chi connectivity index (χ0v) is 11.8. The van der Waals surface area contributed by atoms with Gasteiger partial charge in [0.25, 0.3) is 0 Å². The van der Waals surface area contributed by atoms with Crippen molar-refractivity contribution in [2.24, 2.45) is 5.41 Å². The van der Waals surface area contributed by atoms with Gasteiger partial charge in [-0.2, -0.15) is 0 Å². The summed E-state index contributed by atoms with van der Waals surface area (Å²) in [6.45, 7) is 3.96. The van der Waals surface area contributed by atoms with Gasteiger partial charge in [0, 0.05) is 6.54 Å². The molecule has 0 amide bonds. The quantitative estimate of drug-likeness (QED) is 0.803. The molecule has 1 aliphatic carbocycles. The van der Waals surface area contributed by atoms with Crippen LogP contribution in [0.15, 0.2) is 16.7 Å². The maximum Gasteiger partial charge on any atom is 0.341 e. The molecule has 1 aliphatic rings. The highest BCUT2D eigenvalue weighted by molar-refractivity contribution is 5.88. The number of carbonyl (C=O) groups excluding carboxylic acids is 1. The van der Waals surface area contributed by atoms with Crippen LogP contribution in [-0.4, -0.2) is 19.6 Å². The van der Waals surface area contributed by atoms with Crippen molar-refractivity contribution in [2.75, 3.05) is 13.7 Å². The van der Waals surface area contributed by atoms with Crippen LogP contribution < -0.4 is 5.32 Å². The van der Waals surface area contributed by atoms with Crippen LogP contribution in [0.3, 0.4) is 0 Å². The molecule has 4 heteroatoms. The fraction of sp³-hybridized carbons (Fsp3) is 0.667. The van der Waals surface area contributed by atoms with Gasteiger partial charge in [-0.05, 0) is 30.7 Å². The lowest BCUT2D eigenvalue weighted by molar-refractivity contribution is 0.0600. The van der Waals surface area contributed by atoms with Crippen molar-refractivity contribution in [2.45, 2.75) is 45.6 Å². The lowest BCUT2D eigenvalue weighted by atomic mass is 9.83. The first kappa shape index (κ1) is 14.1. The Morgan fingerprint density at radius 3 is 2.84 bits per heavy atom. The Hall–Kier alpha value is -1.29. The molecule has 0 radical (unpaired) electrons. The molecule has 0 bridgehead atoms. The molecule has 1 aromatic rings. The van der Waals surface area contributed by atoms with Gasteiger partial charge in [0.05, 0.1) is 19.2 Å². The van der Waals surface area contributed by atoms with Crippen LogP contribution in [0, 0.1) is 5.41 Å². The Kier molecular flexibility index (Phi) is 4.64. The summed E-state index contributed by atoms with van der Waals surface area (Å²) in [6.07, 6.45) is 8.02. The van der Waals surface area contributed by atoms with Gasteiger partial charge < -0.3 is 14.5 Å². The molecule has 106 valence electrons. The van der Waals surface area contributed by atoms with E-state index in [1.165, 1.54) is 45.5 Å². The largest absolute Gasteiger partial charge is 0.467 e. The van der Waals surface area contributed by atoms with Crippen molar-refractivity contribution in [1.82, 2.24) is 5.32 Å². The standard InChI is InChI=1S/C15H23NO3/c1-3-15(6-4-5-7-15)11-16-9-13-8-12(10-19-13)14(17)18-2/h8,10,16H,3-7,9,11H2,1-2H3. The average Bonchev–Trinajstić information content (AvgIpc) is 3.08. The van der Waals surface area contributed by atoms with Crippen LogP contribution in [0.25, 0.3) is 0 Å². The Labute approximate surface area is 114 Å². The van der Waals surface area contributed by atoms with Gasteiger partial charge in [-0.25, -0.2) is 4.79 Å². The molecule has 0 saturated heterocycles. The molecule has 1 fully saturated rings. The van der Waals surface area contributed by atoms with E-state index in [-0.39, 0.29) is 5.97 Å². The van der Waals surface area contributed by atoms with E-state index < -0.39 is 0 Å². The highest BCUT2D eigenvalue weighted by Crippen LogP contribution is 2.40. The number of hydrogen-bond acceptors (Lipinski definition) is 4. The molecule has 4 nitrogen and oxygen atoms in total. The van der Waals surface area contributed by atoms with Crippen LogP contribution in [0.1, 0.15) is 55.1 Å². The highest BCUT2D eigenvalue weighted by Gasteiger charge is 2.31. The van der Waals surface area contributed by atoms with Crippen molar-refractivity contribution in [1.29, 1.82) is 0 Å². The summed E-state index contributed by atoms with van der Waals surface area (Å²) < 4.78 is 10.0. The Morgan fingerprint density at radius 2 is 2.21 bits per heavy atom. The molecule has 1 heterocycles. The third-order valence-corrected chi connectivity index (χ3v) is 4.29. The second-order valence-corrected chi connectivity index (χ2v) is 5.46. The molecule has 0 aromatic carbocycles. The van der Waals surface area contributed by atoms with E-state index in [1.807, 2.05) is 0 Å². The minimum Gasteiger partial charge on any atom is -0.467 e. The maximum absolute atomic E-state index is 11.3. The fourth-order valence-corrected chi connectivity index (χ4v) is 2.93. The summed E-state index contributed by atoms with van der Waals surface area (Å²) in [5, 5.41) is 3.46. The monoisotopic (exact) mass is 265 g/mol. The predicted octanol–water partition coefficient (Wildman–Crippen LogP) is 3.13. The van der Waals surface area contributed by atoms with Gasteiger partial charge in [-0.3, -0.25) is 0 Å². The number of methoxy groups -OCH3 is 1. The second-order valence-electron chi connectivity index (χ2n) is 5.46. The van der Waals surface area contributed by atoms with Gasteiger partial charge in [-0.1, -0.05) is 19.8 Å². The van der Waals surface area contributed by atoms with Crippen molar-refractivity contribution in [3.8, 4) is 0 Å². The summed E-state index contributed by atoms with van der Waals surface area (Å²) in [5.41, 5.74) is 0.947. The zero-order chi connectivity index (χ0) is 13.7. The Balaban J connectivity index is 1.82. The first-order valence-electron chi connectivity index (χ1n) is 7.05. The topological polar surface area (TPSA) is 51.5 Å². The van der Waals surface area contributed by atoms with Crippen LogP contribution in [0.2, 0.25) is 0 Å². The molecule has 19 heavy (non-hydrogen) atoms. The molecular weight excluding hydrogens is 242 g/mol. The van der Waals surface area contributed by atoms with Crippen LogP contribution in [-0.2, 0) is 11.3 Å². The normalized spacial score (nSPS) is 17.6. The number of nitrogens with one attached hydrogen (secondary N) is 1. The van der Waals surface area contributed by atoms with Crippen molar-refractivity contribution >= 4 is 5.97 Å². The minimum atomic E-state index is -0.351. The molecule has 1 aromatic heterocycles. The molecular formula is C15H23NO3. The van der Waals surface area contributed by atoms with Crippen molar-refractivity contribution < 1.29 is 13.9 Å². The molecule has 1 N–H and O–H groups in total. The Morgan fingerprint density at radius 1 is 1.47 bits per heavy atom. The molecule has 2 rings (SSSR count). The number of carbonyl (C=O) groups is 1. The van der Waals surface area contributed by atoms with E-state index in [4.69, 9.17) is 4.42 Å². The van der Waals surface area contributed by atoms with E-state index in [2.05, 4.69) is 17.0 Å². The average molecular weight is 265 g/mol. The minimum absolute atomic E-state index is 0.351. The van der Waals surface area contributed by atoms with E-state index >= 15 is 0 Å². The second kappa shape index (κ2) is 6.24. The van der Waals surface area contributed by atoms with E-state index in [0.29, 0.717) is 17.5 Å². The van der Waals surface area contributed by atoms with Crippen LogP contribution in [0.5, 0.6) is 0 Å². The summed E-state index contributed by atoms with van der Waals surface area (Å²) in [6, 6.07) is 1.74. The molecule has 1 saturated carbocycles. The third-order valence-electron chi connectivity index (χ3n) is 4.29. The zero-order valence-electron chi connectivity index (χ0n) is 11.8. The first-order chi connectivity index (χ1) is 9.19. The number of esters is 1. The van der Waals surface area contributed by atoms with E-state index in [9.17, 15) is 4.79 Å². The van der Waals surface area contributed by atoms with Gasteiger partial charge >= 0.3 is 5.97 Å².